The van der Waals surface area contributed by atoms with Crippen LogP contribution in [0.4, 0.5) is 0 Å². The summed E-state index contributed by atoms with van der Waals surface area (Å²) in [6, 6.07) is 10.2. The van der Waals surface area contributed by atoms with Gasteiger partial charge in [-0.05, 0) is 11.5 Å². The van der Waals surface area contributed by atoms with Crippen LogP contribution in [0.1, 0.15) is 25.3 Å². The fourth-order valence-corrected chi connectivity index (χ4v) is 1.31. The molecular formula is C11H17ClN2. The van der Waals surface area contributed by atoms with E-state index in [2.05, 4.69) is 19.1 Å². The average Bonchev–Trinajstić information content (AvgIpc) is 2.17. The molecule has 0 amide bonds. The van der Waals surface area contributed by atoms with E-state index in [0.29, 0.717) is 5.92 Å². The summed E-state index contributed by atoms with van der Waals surface area (Å²) < 4.78 is 0. The molecule has 78 valence electrons. The van der Waals surface area contributed by atoms with E-state index in [0.717, 1.165) is 0 Å². The number of hydrogen-bond donors (Lipinski definition) is 2. The summed E-state index contributed by atoms with van der Waals surface area (Å²) in [6.07, 6.45) is 0. The molecule has 0 fully saturated rings. The van der Waals surface area contributed by atoms with Crippen molar-refractivity contribution in [1.82, 2.24) is 0 Å². The fraction of sp³-hybridized carbons (Fsp3) is 0.364. The minimum atomic E-state index is 0. The van der Waals surface area contributed by atoms with E-state index in [1.165, 1.54) is 5.56 Å². The summed E-state index contributed by atoms with van der Waals surface area (Å²) in [5, 5.41) is 7.36. The number of halogens is 1. The standard InChI is InChI=1S/C11H16N2.ClH/c1-8(9(2)11(12)13)10-6-4-3-5-7-10;/h3-9H,1-2H3,(H3,12,13);1H. The van der Waals surface area contributed by atoms with Crippen LogP contribution in [-0.4, -0.2) is 5.84 Å². The van der Waals surface area contributed by atoms with Crippen molar-refractivity contribution in [3.63, 3.8) is 0 Å². The predicted octanol–water partition coefficient (Wildman–Crippen LogP) is 2.78. The quantitative estimate of drug-likeness (QED) is 0.588. The second-order valence-electron chi connectivity index (χ2n) is 3.44. The van der Waals surface area contributed by atoms with Crippen molar-refractivity contribution in [3.05, 3.63) is 35.9 Å². The Morgan fingerprint density at radius 1 is 1.21 bits per heavy atom. The van der Waals surface area contributed by atoms with Crippen LogP contribution in [0, 0.1) is 11.3 Å². The number of benzene rings is 1. The summed E-state index contributed by atoms with van der Waals surface area (Å²) in [7, 11) is 0. The fourth-order valence-electron chi connectivity index (χ4n) is 1.31. The van der Waals surface area contributed by atoms with Crippen molar-refractivity contribution in [2.75, 3.05) is 0 Å². The molecule has 0 aliphatic rings. The molecule has 0 saturated heterocycles. The number of nitrogens with one attached hydrogen (secondary N) is 1. The molecule has 14 heavy (non-hydrogen) atoms. The molecule has 1 rings (SSSR count). The van der Waals surface area contributed by atoms with Gasteiger partial charge in [0.25, 0.3) is 0 Å². The van der Waals surface area contributed by atoms with Crippen molar-refractivity contribution < 1.29 is 0 Å². The Hall–Kier alpha value is -1.02. The minimum absolute atomic E-state index is 0. The van der Waals surface area contributed by atoms with Crippen LogP contribution in [0.5, 0.6) is 0 Å². The van der Waals surface area contributed by atoms with Gasteiger partial charge in [0.1, 0.15) is 0 Å². The number of nitrogens with two attached hydrogens (primary N) is 1. The zero-order valence-corrected chi connectivity index (χ0v) is 9.34. The van der Waals surface area contributed by atoms with Crippen molar-refractivity contribution >= 4 is 18.2 Å². The minimum Gasteiger partial charge on any atom is -0.387 e. The highest BCUT2D eigenvalue weighted by Crippen LogP contribution is 2.23. The highest BCUT2D eigenvalue weighted by molar-refractivity contribution is 5.85. The summed E-state index contributed by atoms with van der Waals surface area (Å²) in [5.74, 6) is 0.692. The molecule has 3 heteroatoms. The van der Waals surface area contributed by atoms with Crippen molar-refractivity contribution in [3.8, 4) is 0 Å². The molecule has 0 bridgehead atoms. The van der Waals surface area contributed by atoms with Crippen LogP contribution in [-0.2, 0) is 0 Å². The van der Waals surface area contributed by atoms with Crippen molar-refractivity contribution in [1.29, 1.82) is 5.41 Å². The number of hydrogen-bond acceptors (Lipinski definition) is 1. The second-order valence-corrected chi connectivity index (χ2v) is 3.44. The summed E-state index contributed by atoms with van der Waals surface area (Å²) in [4.78, 5) is 0. The lowest BCUT2D eigenvalue weighted by atomic mass is 9.88. The van der Waals surface area contributed by atoms with Crippen LogP contribution in [0.2, 0.25) is 0 Å². The van der Waals surface area contributed by atoms with Gasteiger partial charge < -0.3 is 5.73 Å². The molecule has 0 aromatic heterocycles. The number of rotatable bonds is 3. The van der Waals surface area contributed by atoms with E-state index in [4.69, 9.17) is 11.1 Å². The van der Waals surface area contributed by atoms with E-state index in [9.17, 15) is 0 Å². The van der Waals surface area contributed by atoms with Crippen LogP contribution in [0.25, 0.3) is 0 Å². The van der Waals surface area contributed by atoms with Crippen LogP contribution in [0.3, 0.4) is 0 Å². The SMILES string of the molecule is CC(C(=N)N)C(C)c1ccccc1.Cl. The first-order valence-electron chi connectivity index (χ1n) is 4.51. The molecule has 1 aromatic rings. The molecule has 0 saturated carbocycles. The second kappa shape index (κ2) is 5.66. The van der Waals surface area contributed by atoms with E-state index in [1.807, 2.05) is 25.1 Å². The zero-order valence-electron chi connectivity index (χ0n) is 8.53. The van der Waals surface area contributed by atoms with Gasteiger partial charge in [-0.15, -0.1) is 12.4 Å². The Morgan fingerprint density at radius 2 is 1.71 bits per heavy atom. The lowest BCUT2D eigenvalue weighted by Gasteiger charge is -2.18. The third-order valence-corrected chi connectivity index (χ3v) is 2.57. The van der Waals surface area contributed by atoms with Crippen LogP contribution >= 0.6 is 12.4 Å². The highest BCUT2D eigenvalue weighted by Gasteiger charge is 2.15. The van der Waals surface area contributed by atoms with E-state index in [-0.39, 0.29) is 24.2 Å². The molecule has 2 unspecified atom stereocenters. The zero-order chi connectivity index (χ0) is 9.84. The lowest BCUT2D eigenvalue weighted by Crippen LogP contribution is -2.24. The Morgan fingerprint density at radius 3 is 2.14 bits per heavy atom. The first-order chi connectivity index (χ1) is 6.13. The molecular weight excluding hydrogens is 196 g/mol. The summed E-state index contributed by atoms with van der Waals surface area (Å²) in [6.45, 7) is 4.08. The maximum absolute atomic E-state index is 7.36. The third-order valence-electron chi connectivity index (χ3n) is 2.57. The van der Waals surface area contributed by atoms with Gasteiger partial charge >= 0.3 is 0 Å². The average molecular weight is 213 g/mol. The Bertz CT molecular complexity index is 285. The Balaban J connectivity index is 0.00000169. The predicted molar refractivity (Wildman–Crippen MR) is 63.2 cm³/mol. The van der Waals surface area contributed by atoms with Gasteiger partial charge in [-0.2, -0.15) is 0 Å². The molecule has 0 aliphatic heterocycles. The van der Waals surface area contributed by atoms with Gasteiger partial charge in [-0.3, -0.25) is 5.41 Å². The van der Waals surface area contributed by atoms with E-state index in [1.54, 1.807) is 0 Å². The largest absolute Gasteiger partial charge is 0.387 e. The molecule has 0 aliphatic carbocycles. The molecule has 2 nitrogen and oxygen atoms in total. The molecule has 2 atom stereocenters. The first kappa shape index (κ1) is 13.0. The maximum atomic E-state index is 7.36. The van der Waals surface area contributed by atoms with E-state index < -0.39 is 0 Å². The number of amidine groups is 1. The van der Waals surface area contributed by atoms with E-state index >= 15 is 0 Å². The van der Waals surface area contributed by atoms with Gasteiger partial charge in [-0.1, -0.05) is 44.2 Å². The molecule has 1 aromatic carbocycles. The van der Waals surface area contributed by atoms with Crippen molar-refractivity contribution in [2.45, 2.75) is 19.8 Å². The van der Waals surface area contributed by atoms with Crippen LogP contribution < -0.4 is 5.73 Å². The summed E-state index contributed by atoms with van der Waals surface area (Å²) >= 11 is 0. The lowest BCUT2D eigenvalue weighted by molar-refractivity contribution is 0.616. The topological polar surface area (TPSA) is 49.9 Å². The molecule has 0 radical (unpaired) electrons. The maximum Gasteiger partial charge on any atom is 0.0940 e. The normalized spacial score (nSPS) is 13.9. The highest BCUT2D eigenvalue weighted by atomic mass is 35.5. The monoisotopic (exact) mass is 212 g/mol. The molecule has 0 heterocycles. The Labute approximate surface area is 91.4 Å². The molecule has 0 spiro atoms. The van der Waals surface area contributed by atoms with Gasteiger partial charge in [0.05, 0.1) is 5.84 Å². The van der Waals surface area contributed by atoms with Crippen LogP contribution in [0.15, 0.2) is 30.3 Å². The third kappa shape index (κ3) is 3.04. The van der Waals surface area contributed by atoms with Crippen molar-refractivity contribution in [2.24, 2.45) is 11.7 Å². The molecule has 3 N–H and O–H groups in total. The van der Waals surface area contributed by atoms with Gasteiger partial charge in [0.15, 0.2) is 0 Å². The Kier molecular flexibility index (Phi) is 5.24. The van der Waals surface area contributed by atoms with Gasteiger partial charge in [0.2, 0.25) is 0 Å². The summed E-state index contributed by atoms with van der Waals surface area (Å²) in [5.41, 5.74) is 6.70. The first-order valence-corrected chi connectivity index (χ1v) is 4.51. The van der Waals surface area contributed by atoms with Gasteiger partial charge in [-0.25, -0.2) is 0 Å². The van der Waals surface area contributed by atoms with Gasteiger partial charge in [0, 0.05) is 5.92 Å². The smallest absolute Gasteiger partial charge is 0.0940 e.